The molecule has 2 aromatic carbocycles. The molecular formula is C35H44F6N4OSSi. The molecule has 0 saturated carbocycles. The van der Waals surface area contributed by atoms with Gasteiger partial charge in [0, 0.05) is 29.9 Å². The summed E-state index contributed by atoms with van der Waals surface area (Å²) >= 11 is 5.62. The van der Waals surface area contributed by atoms with E-state index in [9.17, 15) is 26.3 Å². The van der Waals surface area contributed by atoms with E-state index >= 15 is 0 Å². The fourth-order valence-electron chi connectivity index (χ4n) is 7.89. The van der Waals surface area contributed by atoms with E-state index in [1.807, 2.05) is 24.3 Å². The van der Waals surface area contributed by atoms with Crippen molar-refractivity contribution < 1.29 is 31.1 Å². The normalized spacial score (nSPS) is 22.0. The minimum atomic E-state index is -4.97. The van der Waals surface area contributed by atoms with E-state index < -0.39 is 43.3 Å². The Labute approximate surface area is 284 Å². The van der Waals surface area contributed by atoms with E-state index in [0.717, 1.165) is 42.4 Å². The van der Waals surface area contributed by atoms with E-state index in [1.54, 1.807) is 13.3 Å². The predicted octanol–water partition coefficient (Wildman–Crippen LogP) is 9.92. The lowest BCUT2D eigenvalue weighted by Gasteiger charge is -2.53. The number of fused-ring (bicyclic) bond motifs is 4. The lowest BCUT2D eigenvalue weighted by atomic mass is 9.72. The van der Waals surface area contributed by atoms with Crippen molar-refractivity contribution in [1.29, 1.82) is 0 Å². The maximum Gasteiger partial charge on any atom is 0.416 e. The highest BCUT2D eigenvalue weighted by Gasteiger charge is 2.45. The van der Waals surface area contributed by atoms with Gasteiger partial charge in [0.15, 0.2) is 5.11 Å². The number of anilines is 1. The Morgan fingerprint density at radius 1 is 1.00 bits per heavy atom. The van der Waals surface area contributed by atoms with Crippen molar-refractivity contribution in [2.45, 2.75) is 88.6 Å². The Kier molecular flexibility index (Phi) is 11.0. The number of hydrogen-bond donors (Lipinski definition) is 2. The van der Waals surface area contributed by atoms with Crippen molar-refractivity contribution in [3.63, 3.8) is 0 Å². The van der Waals surface area contributed by atoms with Crippen LogP contribution in [0.4, 0.5) is 32.0 Å². The van der Waals surface area contributed by atoms with Crippen molar-refractivity contribution in [1.82, 2.24) is 15.2 Å². The van der Waals surface area contributed by atoms with E-state index in [2.05, 4.69) is 41.3 Å². The van der Waals surface area contributed by atoms with Crippen LogP contribution in [0.3, 0.4) is 0 Å². The molecule has 5 atom stereocenters. The summed E-state index contributed by atoms with van der Waals surface area (Å²) in [7, 11) is 0.312. The number of alkyl halides is 6. The van der Waals surface area contributed by atoms with Crippen LogP contribution in [0.1, 0.15) is 62.8 Å². The molecule has 3 aliphatic rings. The van der Waals surface area contributed by atoms with Crippen LogP contribution in [0.5, 0.6) is 5.75 Å². The standard InChI is InChI=1S/C35H44F6N4OSSi/c1-5-48(6-2,7-3)15-12-23-21-45-14-11-22(23)16-31(45)32(28-10-13-42-30-9-8-27(46-4)20-29(28)30)44-33(47)43-26-18-24(34(36,37)38)17-25(19-26)35(39,40)41/h8-10,13,17-20,22-23,31-32H,5-7,11-12,14-16,21H2,1-4H3,(H2,43,44,47)/t22-,23-,31-,32-/m0/s1. The summed E-state index contributed by atoms with van der Waals surface area (Å²) in [4.78, 5) is 7.03. The highest BCUT2D eigenvalue weighted by atomic mass is 32.1. The van der Waals surface area contributed by atoms with Gasteiger partial charge in [0.25, 0.3) is 0 Å². The van der Waals surface area contributed by atoms with Gasteiger partial charge in [-0.25, -0.2) is 0 Å². The van der Waals surface area contributed by atoms with Crippen LogP contribution in [0.15, 0.2) is 48.7 Å². The lowest BCUT2D eigenvalue weighted by molar-refractivity contribution is -0.143. The number of rotatable bonds is 11. The van der Waals surface area contributed by atoms with Gasteiger partial charge < -0.3 is 15.4 Å². The van der Waals surface area contributed by atoms with Crippen molar-refractivity contribution in [3.05, 3.63) is 65.4 Å². The zero-order valence-corrected chi connectivity index (χ0v) is 29.6. The van der Waals surface area contributed by atoms with Gasteiger partial charge in [0.1, 0.15) is 5.75 Å². The third-order valence-corrected chi connectivity index (χ3v) is 17.1. The van der Waals surface area contributed by atoms with E-state index in [1.165, 1.54) is 30.6 Å². The van der Waals surface area contributed by atoms with Crippen molar-refractivity contribution in [2.24, 2.45) is 11.8 Å². The fraction of sp³-hybridized carbons (Fsp3) is 0.543. The molecule has 3 fully saturated rings. The number of methoxy groups -OCH3 is 1. The van der Waals surface area contributed by atoms with Crippen LogP contribution in [0.25, 0.3) is 10.9 Å². The van der Waals surface area contributed by atoms with Gasteiger partial charge in [-0.05, 0) is 91.5 Å². The summed E-state index contributed by atoms with van der Waals surface area (Å²) in [5.74, 6) is 1.75. The Hall–Kier alpha value is -2.90. The molecule has 5 nitrogen and oxygen atoms in total. The second-order valence-corrected chi connectivity index (χ2v) is 19.4. The smallest absolute Gasteiger partial charge is 0.416 e. The zero-order chi connectivity index (χ0) is 34.9. The van der Waals surface area contributed by atoms with Crippen LogP contribution in [-0.4, -0.2) is 49.3 Å². The van der Waals surface area contributed by atoms with Crippen LogP contribution < -0.4 is 15.4 Å². The van der Waals surface area contributed by atoms with Crippen LogP contribution in [0.2, 0.25) is 24.2 Å². The molecule has 0 radical (unpaired) electrons. The Morgan fingerprint density at radius 2 is 1.67 bits per heavy atom. The first-order chi connectivity index (χ1) is 22.7. The van der Waals surface area contributed by atoms with Crippen LogP contribution in [-0.2, 0) is 12.4 Å². The quantitative estimate of drug-likeness (QED) is 0.117. The summed E-state index contributed by atoms with van der Waals surface area (Å²) < 4.78 is 87.1. The first-order valence-electron chi connectivity index (χ1n) is 16.7. The molecule has 3 saturated heterocycles. The van der Waals surface area contributed by atoms with Gasteiger partial charge in [0.2, 0.25) is 0 Å². The molecule has 48 heavy (non-hydrogen) atoms. The summed E-state index contributed by atoms with van der Waals surface area (Å²) in [6.45, 7) is 8.89. The highest BCUT2D eigenvalue weighted by Crippen LogP contribution is 2.45. The fourth-order valence-corrected chi connectivity index (χ4v) is 11.7. The second kappa shape index (κ2) is 14.5. The van der Waals surface area contributed by atoms with Crippen LogP contribution >= 0.6 is 12.2 Å². The molecule has 6 rings (SSSR count). The van der Waals surface area contributed by atoms with Crippen molar-refractivity contribution in [2.75, 3.05) is 25.5 Å². The van der Waals surface area contributed by atoms with E-state index in [0.29, 0.717) is 29.7 Å². The minimum absolute atomic E-state index is 0.00526. The highest BCUT2D eigenvalue weighted by molar-refractivity contribution is 7.80. The van der Waals surface area contributed by atoms with Gasteiger partial charge in [-0.3, -0.25) is 9.88 Å². The molecule has 0 amide bonds. The Morgan fingerprint density at radius 3 is 2.23 bits per heavy atom. The number of ether oxygens (including phenoxy) is 1. The molecule has 0 spiro atoms. The summed E-state index contributed by atoms with van der Waals surface area (Å²) in [6.07, 6.45) is -5.00. The largest absolute Gasteiger partial charge is 0.497 e. The SMILES string of the molecule is CC[Si](CC)(CC)CC[C@H]1CN2CC[C@H]1C[C@H]2[C@@H](NC(=S)Nc1cc(C(F)(F)F)cc(C(F)(F)F)c1)c1ccnc2ccc(OC)cc12. The average Bonchev–Trinajstić information content (AvgIpc) is 3.07. The average molecular weight is 711 g/mol. The number of benzene rings is 2. The molecule has 3 aromatic rings. The first-order valence-corrected chi connectivity index (χ1v) is 20.0. The number of thiocarbonyl (C=S) groups is 1. The minimum Gasteiger partial charge on any atom is -0.497 e. The third-order valence-electron chi connectivity index (χ3n) is 11.1. The summed E-state index contributed by atoms with van der Waals surface area (Å²) in [6, 6.07) is 13.7. The molecule has 2 N–H and O–H groups in total. The zero-order valence-electron chi connectivity index (χ0n) is 27.8. The summed E-state index contributed by atoms with van der Waals surface area (Å²) in [5, 5.41) is 6.75. The molecule has 2 bridgehead atoms. The van der Waals surface area contributed by atoms with Crippen LogP contribution in [0, 0.1) is 11.8 Å². The maximum absolute atomic E-state index is 13.6. The molecule has 13 heteroatoms. The third kappa shape index (κ3) is 7.94. The number of pyridine rings is 1. The number of nitrogens with zero attached hydrogens (tertiary/aromatic N) is 2. The molecule has 1 unspecified atom stereocenters. The number of nitrogens with one attached hydrogen (secondary N) is 2. The lowest BCUT2D eigenvalue weighted by Crippen LogP contribution is -2.58. The first kappa shape index (κ1) is 36.4. The molecular weight excluding hydrogens is 667 g/mol. The van der Waals surface area contributed by atoms with Gasteiger partial charge in [-0.15, -0.1) is 0 Å². The molecule has 0 aliphatic carbocycles. The monoisotopic (exact) mass is 710 g/mol. The van der Waals surface area contributed by atoms with Crippen molar-refractivity contribution >= 4 is 42.0 Å². The van der Waals surface area contributed by atoms with Gasteiger partial charge in [-0.1, -0.05) is 51.4 Å². The molecule has 1 aromatic heterocycles. The Balaban J connectivity index is 1.46. The maximum atomic E-state index is 13.6. The van der Waals surface area contributed by atoms with Gasteiger partial charge in [-0.2, -0.15) is 26.3 Å². The predicted molar refractivity (Wildman–Crippen MR) is 185 cm³/mol. The number of piperidine rings is 3. The molecule has 3 aliphatic heterocycles. The van der Waals surface area contributed by atoms with E-state index in [-0.39, 0.29) is 17.2 Å². The Bertz CT molecular complexity index is 1560. The van der Waals surface area contributed by atoms with Gasteiger partial charge in [0.05, 0.1) is 37.9 Å². The van der Waals surface area contributed by atoms with Gasteiger partial charge >= 0.3 is 12.4 Å². The number of halogens is 6. The molecule has 4 heterocycles. The number of aromatic nitrogens is 1. The molecule has 262 valence electrons. The topological polar surface area (TPSA) is 49.4 Å². The summed E-state index contributed by atoms with van der Waals surface area (Å²) in [5.41, 5.74) is -1.59. The van der Waals surface area contributed by atoms with E-state index in [4.69, 9.17) is 17.0 Å². The second-order valence-electron chi connectivity index (χ2n) is 13.4. The number of hydrogen-bond acceptors (Lipinski definition) is 4. The van der Waals surface area contributed by atoms with Crippen molar-refractivity contribution in [3.8, 4) is 5.75 Å².